The van der Waals surface area contributed by atoms with Crippen LogP contribution in [0.3, 0.4) is 0 Å². The Morgan fingerprint density at radius 3 is 2.88 bits per heavy atom. The van der Waals surface area contributed by atoms with Crippen LogP contribution in [0.25, 0.3) is 6.08 Å². The Labute approximate surface area is 102 Å². The molecule has 6 heteroatoms. The van der Waals surface area contributed by atoms with Crippen molar-refractivity contribution in [2.45, 2.75) is 20.3 Å². The molecule has 0 aromatic carbocycles. The van der Waals surface area contributed by atoms with Crippen LogP contribution in [0.4, 0.5) is 11.5 Å². The van der Waals surface area contributed by atoms with Gasteiger partial charge in [0.05, 0.1) is 10.5 Å². The minimum Gasteiger partial charge on any atom is -0.378 e. The lowest BCUT2D eigenvalue weighted by molar-refractivity contribution is -0.384. The van der Waals surface area contributed by atoms with Crippen molar-refractivity contribution in [3.05, 3.63) is 31.9 Å². The van der Waals surface area contributed by atoms with Gasteiger partial charge in [-0.3, -0.25) is 10.1 Å². The Hall–Kier alpha value is -1.43. The van der Waals surface area contributed by atoms with Crippen LogP contribution in [0.5, 0.6) is 0 Å². The number of rotatable bonds is 3. The number of nitrogens with two attached hydrogens (primary N) is 1. The number of hydrogen-bond donors (Lipinski definition) is 1. The average Bonchev–Trinajstić information content (AvgIpc) is 2.22. The summed E-state index contributed by atoms with van der Waals surface area (Å²) in [5, 5.41) is 10.9. The smallest absolute Gasteiger partial charge is 0.318 e. The minimum atomic E-state index is -0.503. The van der Waals surface area contributed by atoms with Crippen LogP contribution in [0.1, 0.15) is 24.5 Å². The fraction of sp³-hybridized carbons (Fsp3) is 0.300. The Bertz CT molecular complexity index is 458. The molecular formula is C10H12BrN3O2. The second kappa shape index (κ2) is 5.07. The van der Waals surface area contributed by atoms with Gasteiger partial charge in [0.2, 0.25) is 5.82 Å². The Balaban J connectivity index is 3.46. The first-order chi connectivity index (χ1) is 7.47. The molecule has 0 aliphatic heterocycles. The van der Waals surface area contributed by atoms with Crippen LogP contribution < -0.4 is 5.73 Å². The van der Waals surface area contributed by atoms with Crippen LogP contribution in [-0.2, 0) is 0 Å². The van der Waals surface area contributed by atoms with Crippen LogP contribution in [0.2, 0.25) is 0 Å². The Kier molecular flexibility index (Phi) is 4.00. The van der Waals surface area contributed by atoms with E-state index in [2.05, 4.69) is 20.9 Å². The van der Waals surface area contributed by atoms with Crippen LogP contribution in [0, 0.1) is 17.0 Å². The zero-order valence-electron chi connectivity index (χ0n) is 9.03. The minimum absolute atomic E-state index is 0.0572. The molecule has 0 unspecified atom stereocenters. The van der Waals surface area contributed by atoms with E-state index in [9.17, 15) is 10.1 Å². The van der Waals surface area contributed by atoms with E-state index < -0.39 is 4.92 Å². The summed E-state index contributed by atoms with van der Waals surface area (Å²) in [6.07, 6.45) is 4.01. The summed E-state index contributed by atoms with van der Waals surface area (Å²) < 4.78 is 0.879. The van der Waals surface area contributed by atoms with Gasteiger partial charge in [-0.15, -0.1) is 0 Å². The van der Waals surface area contributed by atoms with Gasteiger partial charge in [0.1, 0.15) is 0 Å². The molecule has 0 bridgehead atoms. The molecular weight excluding hydrogens is 274 g/mol. The number of nitrogens with zero attached hydrogens (tertiary/aromatic N) is 2. The van der Waals surface area contributed by atoms with Gasteiger partial charge in [0.15, 0.2) is 0 Å². The van der Waals surface area contributed by atoms with E-state index in [1.54, 1.807) is 13.0 Å². The third-order valence-electron chi connectivity index (χ3n) is 2.14. The summed E-state index contributed by atoms with van der Waals surface area (Å²) in [4.78, 5) is 14.2. The van der Waals surface area contributed by atoms with Crippen molar-refractivity contribution in [3.63, 3.8) is 0 Å². The number of nitrogen functional groups attached to an aromatic ring is 1. The van der Waals surface area contributed by atoms with Crippen molar-refractivity contribution in [3.8, 4) is 0 Å². The first kappa shape index (κ1) is 12.6. The second-order valence-corrected chi connectivity index (χ2v) is 4.31. The maximum absolute atomic E-state index is 10.9. The largest absolute Gasteiger partial charge is 0.378 e. The van der Waals surface area contributed by atoms with Gasteiger partial charge < -0.3 is 5.73 Å². The van der Waals surface area contributed by atoms with Crippen molar-refractivity contribution in [2.75, 3.05) is 5.73 Å². The number of anilines is 1. The number of pyridine rings is 1. The average molecular weight is 286 g/mol. The standard InChI is InChI=1S/C10H12BrN3O2/c1-3-7(11)4-8-6(2)5-13-10(12)9(8)14(15)16/h4-5H,3H2,1-2H3,(H2,12,13)/b7-4+. The van der Waals surface area contributed by atoms with Crippen molar-refractivity contribution in [2.24, 2.45) is 0 Å². The van der Waals surface area contributed by atoms with Crippen molar-refractivity contribution < 1.29 is 4.92 Å². The first-order valence-corrected chi connectivity index (χ1v) is 5.52. The van der Waals surface area contributed by atoms with Gasteiger partial charge in [0, 0.05) is 6.20 Å². The molecule has 1 aromatic heterocycles. The summed E-state index contributed by atoms with van der Waals surface area (Å²) in [5.74, 6) is -0.0572. The van der Waals surface area contributed by atoms with Crippen LogP contribution in [0.15, 0.2) is 10.7 Å². The molecule has 0 saturated heterocycles. The number of aromatic nitrogens is 1. The number of aryl methyl sites for hydroxylation is 1. The van der Waals surface area contributed by atoms with E-state index >= 15 is 0 Å². The number of allylic oxidation sites excluding steroid dienone is 1. The molecule has 0 fully saturated rings. The predicted molar refractivity (Wildman–Crippen MR) is 67.2 cm³/mol. The molecule has 2 N–H and O–H groups in total. The molecule has 0 aliphatic rings. The zero-order valence-corrected chi connectivity index (χ0v) is 10.6. The lowest BCUT2D eigenvalue weighted by Gasteiger charge is -2.04. The van der Waals surface area contributed by atoms with E-state index in [1.807, 2.05) is 6.92 Å². The normalized spacial score (nSPS) is 11.6. The molecule has 0 spiro atoms. The summed E-state index contributed by atoms with van der Waals surface area (Å²) in [6.45, 7) is 3.72. The van der Waals surface area contributed by atoms with E-state index in [4.69, 9.17) is 5.73 Å². The van der Waals surface area contributed by atoms with Gasteiger partial charge >= 0.3 is 5.69 Å². The molecule has 86 valence electrons. The van der Waals surface area contributed by atoms with E-state index in [1.165, 1.54) is 6.20 Å². The molecule has 1 rings (SSSR count). The molecule has 5 nitrogen and oxygen atoms in total. The highest BCUT2D eigenvalue weighted by molar-refractivity contribution is 9.11. The van der Waals surface area contributed by atoms with E-state index in [-0.39, 0.29) is 11.5 Å². The molecule has 1 aromatic rings. The zero-order chi connectivity index (χ0) is 12.3. The third-order valence-corrected chi connectivity index (χ3v) is 2.93. The van der Waals surface area contributed by atoms with Gasteiger partial charge in [-0.2, -0.15) is 0 Å². The lowest BCUT2D eigenvalue weighted by Crippen LogP contribution is -2.02. The second-order valence-electron chi connectivity index (χ2n) is 3.29. The Morgan fingerprint density at radius 2 is 2.38 bits per heavy atom. The lowest BCUT2D eigenvalue weighted by atomic mass is 10.1. The molecule has 0 amide bonds. The summed E-state index contributed by atoms with van der Waals surface area (Å²) in [7, 11) is 0. The molecule has 1 heterocycles. The van der Waals surface area contributed by atoms with Gasteiger partial charge in [-0.25, -0.2) is 4.98 Å². The maximum atomic E-state index is 10.9. The monoisotopic (exact) mass is 285 g/mol. The van der Waals surface area contributed by atoms with Crippen molar-refractivity contribution >= 4 is 33.5 Å². The van der Waals surface area contributed by atoms with Gasteiger partial charge in [0.25, 0.3) is 0 Å². The topological polar surface area (TPSA) is 82.0 Å². The fourth-order valence-electron chi connectivity index (χ4n) is 1.25. The fourth-order valence-corrected chi connectivity index (χ4v) is 1.48. The number of halogens is 1. The van der Waals surface area contributed by atoms with Crippen LogP contribution >= 0.6 is 15.9 Å². The molecule has 0 radical (unpaired) electrons. The summed E-state index contributed by atoms with van der Waals surface area (Å²) >= 11 is 3.33. The quantitative estimate of drug-likeness (QED) is 0.684. The molecule has 0 aliphatic carbocycles. The number of hydrogen-bond acceptors (Lipinski definition) is 4. The third kappa shape index (κ3) is 2.57. The van der Waals surface area contributed by atoms with Crippen molar-refractivity contribution in [1.29, 1.82) is 0 Å². The van der Waals surface area contributed by atoms with E-state index in [0.717, 1.165) is 16.5 Å². The number of nitro groups is 1. The SMILES string of the molecule is CC/C(Br)=C\c1c(C)cnc(N)c1[N+](=O)[O-]. The van der Waals surface area contributed by atoms with Gasteiger partial charge in [-0.05, 0) is 29.5 Å². The van der Waals surface area contributed by atoms with E-state index in [0.29, 0.717) is 5.56 Å². The summed E-state index contributed by atoms with van der Waals surface area (Å²) in [5.41, 5.74) is 6.61. The summed E-state index contributed by atoms with van der Waals surface area (Å²) in [6, 6.07) is 0. The maximum Gasteiger partial charge on any atom is 0.318 e. The molecule has 0 saturated carbocycles. The molecule has 0 atom stereocenters. The first-order valence-electron chi connectivity index (χ1n) is 4.72. The predicted octanol–water partition coefficient (Wildman–Crippen LogP) is 3.03. The van der Waals surface area contributed by atoms with Crippen molar-refractivity contribution in [1.82, 2.24) is 4.98 Å². The highest BCUT2D eigenvalue weighted by atomic mass is 79.9. The van der Waals surface area contributed by atoms with Gasteiger partial charge in [-0.1, -0.05) is 22.9 Å². The van der Waals surface area contributed by atoms with Crippen LogP contribution in [-0.4, -0.2) is 9.91 Å². The highest BCUT2D eigenvalue weighted by Gasteiger charge is 2.20. The Morgan fingerprint density at radius 1 is 1.75 bits per heavy atom. The molecule has 16 heavy (non-hydrogen) atoms. The highest BCUT2D eigenvalue weighted by Crippen LogP contribution is 2.30.